The molecule has 1 nitrogen and oxygen atoms in total. The summed E-state index contributed by atoms with van der Waals surface area (Å²) in [6, 6.07) is 0.882. The fourth-order valence-corrected chi connectivity index (χ4v) is 2.59. The van der Waals surface area contributed by atoms with Crippen molar-refractivity contribution in [3.8, 4) is 0 Å². The smallest absolute Gasteiger partial charge is 0.00953 e. The van der Waals surface area contributed by atoms with E-state index >= 15 is 0 Å². The Morgan fingerprint density at radius 3 is 2.33 bits per heavy atom. The molecule has 1 atom stereocenters. The van der Waals surface area contributed by atoms with Crippen LogP contribution in [0.3, 0.4) is 0 Å². The average molecular weight is 165 g/mol. The van der Waals surface area contributed by atoms with E-state index in [4.69, 9.17) is 6.92 Å². The SMILES string of the molecule is [CH]C1CCN(C2CCCCC2)C1. The fourth-order valence-electron chi connectivity index (χ4n) is 2.59. The van der Waals surface area contributed by atoms with Crippen LogP contribution in [0.1, 0.15) is 38.5 Å². The Kier molecular flexibility index (Phi) is 2.69. The lowest BCUT2D eigenvalue weighted by Crippen LogP contribution is -2.34. The van der Waals surface area contributed by atoms with Gasteiger partial charge >= 0.3 is 0 Å². The van der Waals surface area contributed by atoms with Crippen LogP contribution in [0.25, 0.3) is 0 Å². The Hall–Kier alpha value is -0.0400. The molecule has 0 aromatic heterocycles. The van der Waals surface area contributed by atoms with E-state index in [9.17, 15) is 0 Å². The van der Waals surface area contributed by atoms with E-state index in [0.717, 1.165) is 12.6 Å². The van der Waals surface area contributed by atoms with E-state index < -0.39 is 0 Å². The van der Waals surface area contributed by atoms with Gasteiger partial charge in [-0.05, 0) is 38.6 Å². The molecule has 0 spiro atoms. The van der Waals surface area contributed by atoms with Crippen LogP contribution < -0.4 is 0 Å². The summed E-state index contributed by atoms with van der Waals surface area (Å²) in [5, 5.41) is 0. The largest absolute Gasteiger partial charge is 0.300 e. The van der Waals surface area contributed by atoms with Gasteiger partial charge in [-0.3, -0.25) is 0 Å². The lowest BCUT2D eigenvalue weighted by molar-refractivity contribution is 0.188. The minimum atomic E-state index is 0.465. The molecule has 2 rings (SSSR count). The van der Waals surface area contributed by atoms with Crippen LogP contribution >= 0.6 is 0 Å². The third-order valence-corrected chi connectivity index (χ3v) is 3.35. The summed E-state index contributed by atoms with van der Waals surface area (Å²) >= 11 is 0. The van der Waals surface area contributed by atoms with E-state index in [0.29, 0.717) is 5.92 Å². The molecule has 12 heavy (non-hydrogen) atoms. The maximum absolute atomic E-state index is 5.89. The second kappa shape index (κ2) is 3.78. The molecule has 2 aliphatic rings. The number of rotatable bonds is 1. The average Bonchev–Trinajstić information content (AvgIpc) is 2.54. The Bertz CT molecular complexity index is 135. The second-order valence-electron chi connectivity index (χ2n) is 4.34. The van der Waals surface area contributed by atoms with Gasteiger partial charge in [0.2, 0.25) is 0 Å². The summed E-state index contributed by atoms with van der Waals surface area (Å²) in [5.41, 5.74) is 0. The van der Waals surface area contributed by atoms with Gasteiger partial charge in [0, 0.05) is 12.6 Å². The highest BCUT2D eigenvalue weighted by Crippen LogP contribution is 2.27. The third kappa shape index (κ3) is 1.82. The van der Waals surface area contributed by atoms with Gasteiger partial charge in [0.05, 0.1) is 0 Å². The van der Waals surface area contributed by atoms with Crippen LogP contribution in [0, 0.1) is 12.8 Å². The van der Waals surface area contributed by atoms with Crippen LogP contribution in [-0.2, 0) is 0 Å². The van der Waals surface area contributed by atoms with Crippen LogP contribution in [0.4, 0.5) is 0 Å². The van der Waals surface area contributed by atoms with Crippen molar-refractivity contribution in [1.82, 2.24) is 4.90 Å². The lowest BCUT2D eigenvalue weighted by atomic mass is 9.94. The predicted octanol–water partition coefficient (Wildman–Crippen LogP) is 2.35. The van der Waals surface area contributed by atoms with Crippen LogP contribution in [0.15, 0.2) is 0 Å². The highest BCUT2D eigenvalue weighted by molar-refractivity contribution is 4.83. The maximum Gasteiger partial charge on any atom is 0.00953 e. The van der Waals surface area contributed by atoms with Crippen molar-refractivity contribution in [2.24, 2.45) is 5.92 Å². The Labute approximate surface area is 76.1 Å². The van der Waals surface area contributed by atoms with Gasteiger partial charge < -0.3 is 4.90 Å². The summed E-state index contributed by atoms with van der Waals surface area (Å²) in [6.45, 7) is 8.30. The molecule has 1 unspecified atom stereocenters. The van der Waals surface area contributed by atoms with Crippen molar-refractivity contribution in [1.29, 1.82) is 0 Å². The van der Waals surface area contributed by atoms with E-state index in [-0.39, 0.29) is 0 Å². The van der Waals surface area contributed by atoms with Crippen LogP contribution in [-0.4, -0.2) is 24.0 Å². The lowest BCUT2D eigenvalue weighted by Gasteiger charge is -2.30. The van der Waals surface area contributed by atoms with Gasteiger partial charge in [-0.15, -0.1) is 0 Å². The van der Waals surface area contributed by atoms with Gasteiger partial charge in [0.1, 0.15) is 0 Å². The number of nitrogens with zero attached hydrogens (tertiary/aromatic N) is 1. The summed E-state index contributed by atoms with van der Waals surface area (Å²) < 4.78 is 0. The van der Waals surface area contributed by atoms with E-state index in [2.05, 4.69) is 4.90 Å². The van der Waals surface area contributed by atoms with Gasteiger partial charge in [-0.1, -0.05) is 19.3 Å². The van der Waals surface area contributed by atoms with Crippen molar-refractivity contribution in [3.63, 3.8) is 0 Å². The quantitative estimate of drug-likeness (QED) is 0.576. The summed E-state index contributed by atoms with van der Waals surface area (Å²) in [6.07, 6.45) is 8.40. The molecule has 0 N–H and O–H groups in total. The monoisotopic (exact) mass is 165 g/mol. The van der Waals surface area contributed by atoms with E-state index in [1.165, 1.54) is 45.1 Å². The molecule has 1 saturated carbocycles. The zero-order valence-electron chi connectivity index (χ0n) is 7.84. The third-order valence-electron chi connectivity index (χ3n) is 3.35. The number of likely N-dealkylation sites (tertiary alicyclic amines) is 1. The Morgan fingerprint density at radius 1 is 1.00 bits per heavy atom. The minimum Gasteiger partial charge on any atom is -0.300 e. The van der Waals surface area contributed by atoms with E-state index in [1.54, 1.807) is 0 Å². The number of hydrogen-bond acceptors (Lipinski definition) is 1. The zero-order valence-corrected chi connectivity index (χ0v) is 7.84. The van der Waals surface area contributed by atoms with Crippen molar-refractivity contribution < 1.29 is 0 Å². The first-order valence-corrected chi connectivity index (χ1v) is 5.36. The molecule has 68 valence electrons. The van der Waals surface area contributed by atoms with Crippen molar-refractivity contribution in [3.05, 3.63) is 6.92 Å². The first kappa shape index (κ1) is 8.55. The van der Waals surface area contributed by atoms with Crippen molar-refractivity contribution in [2.45, 2.75) is 44.6 Å². The summed E-state index contributed by atoms with van der Waals surface area (Å²) in [4.78, 5) is 2.61. The minimum absolute atomic E-state index is 0.465. The molecule has 2 radical (unpaired) electrons. The van der Waals surface area contributed by atoms with Gasteiger partial charge in [0.25, 0.3) is 0 Å². The molecule has 0 bridgehead atoms. The van der Waals surface area contributed by atoms with Gasteiger partial charge in [-0.2, -0.15) is 0 Å². The molecule has 2 fully saturated rings. The van der Waals surface area contributed by atoms with Crippen LogP contribution in [0.5, 0.6) is 0 Å². The van der Waals surface area contributed by atoms with Crippen LogP contribution in [0.2, 0.25) is 0 Å². The van der Waals surface area contributed by atoms with Gasteiger partial charge in [-0.25, -0.2) is 0 Å². The molecule has 1 heterocycles. The van der Waals surface area contributed by atoms with E-state index in [1.807, 2.05) is 0 Å². The zero-order chi connectivity index (χ0) is 8.39. The van der Waals surface area contributed by atoms with Crippen molar-refractivity contribution in [2.75, 3.05) is 13.1 Å². The highest BCUT2D eigenvalue weighted by atomic mass is 15.2. The summed E-state index contributed by atoms with van der Waals surface area (Å²) in [5.74, 6) is 0.465. The molecular weight excluding hydrogens is 146 g/mol. The molecule has 1 aliphatic heterocycles. The summed E-state index contributed by atoms with van der Waals surface area (Å²) in [7, 11) is 0. The van der Waals surface area contributed by atoms with Crippen molar-refractivity contribution >= 4 is 0 Å². The first-order valence-electron chi connectivity index (χ1n) is 5.36. The normalized spacial score (nSPS) is 34.2. The highest BCUT2D eigenvalue weighted by Gasteiger charge is 2.26. The van der Waals surface area contributed by atoms with Gasteiger partial charge in [0.15, 0.2) is 0 Å². The molecular formula is C11H19N. The molecule has 1 heteroatoms. The molecule has 0 aromatic rings. The fraction of sp³-hybridized carbons (Fsp3) is 0.909. The molecule has 0 aromatic carbocycles. The number of hydrogen-bond donors (Lipinski definition) is 0. The Balaban J connectivity index is 1.83. The second-order valence-corrected chi connectivity index (χ2v) is 4.34. The molecule has 0 amide bonds. The maximum atomic E-state index is 5.89. The molecule has 1 aliphatic carbocycles. The first-order chi connectivity index (χ1) is 5.86. The Morgan fingerprint density at radius 2 is 1.75 bits per heavy atom. The standard InChI is InChI=1S/C11H19N/c1-10-7-8-12(9-10)11-5-3-2-4-6-11/h1,10-11H,2-9H2. The topological polar surface area (TPSA) is 3.24 Å². The predicted molar refractivity (Wildman–Crippen MR) is 50.9 cm³/mol. The molecule has 1 saturated heterocycles.